The molecule has 0 saturated carbocycles. The maximum Gasteiger partial charge on any atom is 0.254 e. The van der Waals surface area contributed by atoms with Crippen LogP contribution in [0, 0.1) is 5.82 Å². The summed E-state index contributed by atoms with van der Waals surface area (Å²) in [5.41, 5.74) is 0.523. The number of nitrogens with zero attached hydrogens (tertiary/aromatic N) is 3. The lowest BCUT2D eigenvalue weighted by atomic mass is 10.2. The van der Waals surface area contributed by atoms with Gasteiger partial charge in [-0.25, -0.2) is 4.39 Å². The number of aromatic nitrogens is 3. The van der Waals surface area contributed by atoms with E-state index in [-0.39, 0.29) is 23.8 Å². The van der Waals surface area contributed by atoms with Gasteiger partial charge in [-0.3, -0.25) is 9.59 Å². The minimum atomic E-state index is -0.605. The number of nitrogens with one attached hydrogen (secondary N) is 2. The molecule has 0 aliphatic carbocycles. The van der Waals surface area contributed by atoms with Crippen LogP contribution in [0.3, 0.4) is 0 Å². The molecule has 0 unspecified atom stereocenters. The molecule has 0 fully saturated rings. The standard InChI is InChI=1S/C21H18BrClFN5O2S/c1-2-9-29-18(11-25-20(31)14-5-3-4-6-17(14)24)27-28-21(29)32-12-19(30)26-13-7-8-15(22)16(23)10-13/h2-8,10H,1,9,11-12H2,(H,25,31)(H,26,30). The van der Waals surface area contributed by atoms with Crippen LogP contribution in [0.4, 0.5) is 10.1 Å². The predicted molar refractivity (Wildman–Crippen MR) is 126 cm³/mol. The molecule has 0 atom stereocenters. The second-order valence-corrected chi connectivity index (χ2v) is 8.63. The average molecular weight is 539 g/mol. The summed E-state index contributed by atoms with van der Waals surface area (Å²) < 4.78 is 16.2. The zero-order chi connectivity index (χ0) is 23.1. The van der Waals surface area contributed by atoms with Gasteiger partial charge in [0, 0.05) is 16.7 Å². The number of allylic oxidation sites excluding steroid dienone is 1. The fraction of sp³-hybridized carbons (Fsp3) is 0.143. The zero-order valence-electron chi connectivity index (χ0n) is 16.6. The van der Waals surface area contributed by atoms with Gasteiger partial charge >= 0.3 is 0 Å². The molecule has 0 saturated heterocycles. The van der Waals surface area contributed by atoms with E-state index in [0.29, 0.717) is 28.2 Å². The van der Waals surface area contributed by atoms with Crippen LogP contribution in [0.1, 0.15) is 16.2 Å². The largest absolute Gasteiger partial charge is 0.345 e. The van der Waals surface area contributed by atoms with E-state index >= 15 is 0 Å². The van der Waals surface area contributed by atoms with E-state index in [1.807, 2.05) is 0 Å². The van der Waals surface area contributed by atoms with Crippen LogP contribution in [0.25, 0.3) is 0 Å². The van der Waals surface area contributed by atoms with Crippen molar-refractivity contribution in [2.75, 3.05) is 11.1 Å². The van der Waals surface area contributed by atoms with Crippen molar-refractivity contribution < 1.29 is 14.0 Å². The number of rotatable bonds is 9. The summed E-state index contributed by atoms with van der Waals surface area (Å²) in [6.07, 6.45) is 1.65. The highest BCUT2D eigenvalue weighted by Gasteiger charge is 2.16. The fourth-order valence-electron chi connectivity index (χ4n) is 2.67. The van der Waals surface area contributed by atoms with Crippen molar-refractivity contribution in [3.8, 4) is 0 Å². The van der Waals surface area contributed by atoms with E-state index in [1.54, 1.807) is 34.9 Å². The molecule has 1 aromatic heterocycles. The Morgan fingerprint density at radius 3 is 2.75 bits per heavy atom. The molecule has 1 heterocycles. The zero-order valence-corrected chi connectivity index (χ0v) is 19.8. The number of benzene rings is 2. The second kappa shape index (κ2) is 11.3. The number of anilines is 1. The summed E-state index contributed by atoms with van der Waals surface area (Å²) in [5.74, 6) is -0.858. The van der Waals surface area contributed by atoms with Crippen LogP contribution in [-0.4, -0.2) is 32.3 Å². The van der Waals surface area contributed by atoms with E-state index in [1.165, 1.54) is 30.0 Å². The molecule has 3 aromatic rings. The Morgan fingerprint density at radius 2 is 2.03 bits per heavy atom. The maximum absolute atomic E-state index is 13.8. The van der Waals surface area contributed by atoms with Crippen LogP contribution < -0.4 is 10.6 Å². The van der Waals surface area contributed by atoms with Crippen LogP contribution >= 0.6 is 39.3 Å². The van der Waals surface area contributed by atoms with Crippen molar-refractivity contribution in [3.63, 3.8) is 0 Å². The molecule has 0 radical (unpaired) electrons. The number of hydrogen-bond donors (Lipinski definition) is 2. The SMILES string of the molecule is C=CCn1c(CNC(=O)c2ccccc2F)nnc1SCC(=O)Nc1ccc(Br)c(Cl)c1. The van der Waals surface area contributed by atoms with Gasteiger partial charge in [0.05, 0.1) is 22.9 Å². The number of thioether (sulfide) groups is 1. The molecule has 0 bridgehead atoms. The smallest absolute Gasteiger partial charge is 0.254 e. The van der Waals surface area contributed by atoms with Crippen LogP contribution in [0.2, 0.25) is 5.02 Å². The number of amides is 2. The minimum absolute atomic E-state index is 0.0398. The van der Waals surface area contributed by atoms with Gasteiger partial charge < -0.3 is 15.2 Å². The van der Waals surface area contributed by atoms with Gasteiger partial charge in [0.1, 0.15) is 5.82 Å². The summed E-state index contributed by atoms with van der Waals surface area (Å²) in [6, 6.07) is 10.8. The topological polar surface area (TPSA) is 88.9 Å². The Bertz CT molecular complexity index is 1160. The Kier molecular flexibility index (Phi) is 8.43. The molecular formula is C21H18BrClFN5O2S. The highest BCUT2D eigenvalue weighted by Crippen LogP contribution is 2.26. The molecule has 0 aliphatic heterocycles. The Morgan fingerprint density at radius 1 is 1.25 bits per heavy atom. The number of halogens is 3. The molecule has 2 amide bonds. The first-order chi connectivity index (χ1) is 15.4. The van der Waals surface area contributed by atoms with Gasteiger partial charge in [0.25, 0.3) is 5.91 Å². The molecule has 2 N–H and O–H groups in total. The monoisotopic (exact) mass is 537 g/mol. The fourth-order valence-corrected chi connectivity index (χ4v) is 3.86. The highest BCUT2D eigenvalue weighted by molar-refractivity contribution is 9.10. The van der Waals surface area contributed by atoms with Gasteiger partial charge in [-0.15, -0.1) is 16.8 Å². The maximum atomic E-state index is 13.8. The molecule has 7 nitrogen and oxygen atoms in total. The molecule has 2 aromatic carbocycles. The van der Waals surface area contributed by atoms with Crippen molar-refractivity contribution in [3.05, 3.63) is 81.8 Å². The average Bonchev–Trinajstić information content (AvgIpc) is 3.15. The van der Waals surface area contributed by atoms with Crippen LogP contribution in [0.15, 0.2) is 64.7 Å². The first-order valence-electron chi connectivity index (χ1n) is 9.32. The Labute approximate surface area is 201 Å². The molecule has 11 heteroatoms. The highest BCUT2D eigenvalue weighted by atomic mass is 79.9. The first-order valence-corrected chi connectivity index (χ1v) is 11.5. The van der Waals surface area contributed by atoms with E-state index in [2.05, 4.69) is 43.3 Å². The third-order valence-electron chi connectivity index (χ3n) is 4.17. The number of carbonyl (C=O) groups is 2. The lowest BCUT2D eigenvalue weighted by Crippen LogP contribution is -2.25. The van der Waals surface area contributed by atoms with Crippen molar-refractivity contribution in [2.45, 2.75) is 18.2 Å². The van der Waals surface area contributed by atoms with Crippen molar-refractivity contribution in [1.82, 2.24) is 20.1 Å². The molecular weight excluding hydrogens is 521 g/mol. The van der Waals surface area contributed by atoms with Gasteiger partial charge in [-0.2, -0.15) is 0 Å². The lowest BCUT2D eigenvalue weighted by molar-refractivity contribution is -0.113. The molecule has 0 aliphatic rings. The Balaban J connectivity index is 1.61. The van der Waals surface area contributed by atoms with Crippen molar-refractivity contribution in [1.29, 1.82) is 0 Å². The van der Waals surface area contributed by atoms with Gasteiger partial charge in [-0.05, 0) is 46.3 Å². The predicted octanol–water partition coefficient (Wildman–Crippen LogP) is 4.68. The Hall–Kier alpha value is -2.69. The first kappa shape index (κ1) is 24.0. The van der Waals surface area contributed by atoms with E-state index in [0.717, 1.165) is 4.47 Å². The minimum Gasteiger partial charge on any atom is -0.345 e. The summed E-state index contributed by atoms with van der Waals surface area (Å²) in [6.45, 7) is 4.14. The van der Waals surface area contributed by atoms with E-state index < -0.39 is 11.7 Å². The summed E-state index contributed by atoms with van der Waals surface area (Å²) in [4.78, 5) is 24.6. The second-order valence-electron chi connectivity index (χ2n) is 6.43. The van der Waals surface area contributed by atoms with E-state index in [4.69, 9.17) is 11.6 Å². The normalized spacial score (nSPS) is 10.6. The third kappa shape index (κ3) is 6.18. The summed E-state index contributed by atoms with van der Waals surface area (Å²) in [7, 11) is 0. The molecule has 3 rings (SSSR count). The third-order valence-corrected chi connectivity index (χ3v) is 6.37. The summed E-state index contributed by atoms with van der Waals surface area (Å²) >= 11 is 10.5. The number of hydrogen-bond acceptors (Lipinski definition) is 5. The van der Waals surface area contributed by atoms with Crippen LogP contribution in [-0.2, 0) is 17.9 Å². The molecule has 32 heavy (non-hydrogen) atoms. The molecule has 0 spiro atoms. The van der Waals surface area contributed by atoms with Crippen molar-refractivity contribution >= 4 is 56.8 Å². The van der Waals surface area contributed by atoms with E-state index in [9.17, 15) is 14.0 Å². The number of carbonyl (C=O) groups excluding carboxylic acids is 2. The van der Waals surface area contributed by atoms with Gasteiger partial charge in [0.15, 0.2) is 11.0 Å². The van der Waals surface area contributed by atoms with Gasteiger partial charge in [-0.1, -0.05) is 41.6 Å². The van der Waals surface area contributed by atoms with Crippen molar-refractivity contribution in [2.24, 2.45) is 0 Å². The lowest BCUT2D eigenvalue weighted by Gasteiger charge is -2.09. The molecule has 166 valence electrons. The quantitative estimate of drug-likeness (QED) is 0.305. The summed E-state index contributed by atoms with van der Waals surface area (Å²) in [5, 5.41) is 14.6. The van der Waals surface area contributed by atoms with Gasteiger partial charge in [0.2, 0.25) is 5.91 Å². The van der Waals surface area contributed by atoms with Crippen LogP contribution in [0.5, 0.6) is 0 Å².